The highest BCUT2D eigenvalue weighted by Gasteiger charge is 2.60. The number of rotatable bonds is 6. The van der Waals surface area contributed by atoms with Gasteiger partial charge in [0.05, 0.1) is 0 Å². The summed E-state index contributed by atoms with van der Waals surface area (Å²) < 4.78 is 70.6. The van der Waals surface area contributed by atoms with Crippen LogP contribution in [0.5, 0.6) is 0 Å². The summed E-state index contributed by atoms with van der Waals surface area (Å²) in [5, 5.41) is 0. The van der Waals surface area contributed by atoms with E-state index in [1.807, 2.05) is 0 Å². The summed E-state index contributed by atoms with van der Waals surface area (Å²) in [6.45, 7) is 1.54. The van der Waals surface area contributed by atoms with Crippen LogP contribution in [0.2, 0.25) is 0 Å². The van der Waals surface area contributed by atoms with Gasteiger partial charge in [-0.25, -0.2) is 0 Å². The Hall–Kier alpha value is -0.993. The fraction of sp³-hybridized carbons (Fsp3) is 0.455. The van der Waals surface area contributed by atoms with Crippen LogP contribution in [0.25, 0.3) is 0 Å². The lowest BCUT2D eigenvalue weighted by Crippen LogP contribution is -2.45. The summed E-state index contributed by atoms with van der Waals surface area (Å²) >= 11 is 0. The van der Waals surface area contributed by atoms with Gasteiger partial charge in [0.1, 0.15) is 0 Å². The van der Waals surface area contributed by atoms with Crippen molar-refractivity contribution in [1.29, 1.82) is 0 Å². The van der Waals surface area contributed by atoms with Gasteiger partial charge >= 0.3 is 21.6 Å². The Morgan fingerprint density at radius 1 is 1.05 bits per heavy atom. The molecule has 0 fully saturated rings. The maximum Gasteiger partial charge on any atom is 0.481 e. The summed E-state index contributed by atoms with van der Waals surface area (Å²) in [5.41, 5.74) is 0.602. The first-order valence-electron chi connectivity index (χ1n) is 5.54. The first kappa shape index (κ1) is 16.1. The van der Waals surface area contributed by atoms with E-state index in [4.69, 9.17) is 4.43 Å². The molecule has 0 radical (unpaired) electrons. The van der Waals surface area contributed by atoms with Gasteiger partial charge in [-0.05, 0) is 12.5 Å². The fourth-order valence-electron chi connectivity index (χ4n) is 1.36. The zero-order valence-corrected chi connectivity index (χ0v) is 11.2. The van der Waals surface area contributed by atoms with Crippen molar-refractivity contribution in [1.82, 2.24) is 0 Å². The molecule has 8 heteroatoms. The number of benzene rings is 1. The molecule has 0 aromatic heterocycles. The molecule has 1 atom stereocenters. The van der Waals surface area contributed by atoms with E-state index < -0.39 is 21.6 Å². The SMILES string of the molecule is CCO[SiH](Cc1ccccc1)OC(F)(F)C(F)(F)F. The topological polar surface area (TPSA) is 18.5 Å². The van der Waals surface area contributed by atoms with Crippen LogP contribution in [0.15, 0.2) is 30.3 Å². The zero-order valence-electron chi connectivity index (χ0n) is 10.1. The lowest BCUT2D eigenvalue weighted by atomic mass is 10.2. The predicted molar refractivity (Wildman–Crippen MR) is 61.0 cm³/mol. The fourth-order valence-corrected chi connectivity index (χ4v) is 3.12. The Kier molecular flexibility index (Phi) is 5.45. The Bertz CT molecular complexity index is 382. The average Bonchev–Trinajstić information content (AvgIpc) is 2.28. The van der Waals surface area contributed by atoms with Crippen LogP contribution >= 0.6 is 0 Å². The minimum Gasteiger partial charge on any atom is -0.397 e. The van der Waals surface area contributed by atoms with E-state index in [1.54, 1.807) is 30.3 Å². The smallest absolute Gasteiger partial charge is 0.397 e. The molecule has 0 spiro atoms. The second-order valence-corrected chi connectivity index (χ2v) is 5.54. The van der Waals surface area contributed by atoms with E-state index in [2.05, 4.69) is 4.43 Å². The standard InChI is InChI=1S/C11H13F5O2Si/c1-2-17-19(8-9-6-4-3-5-7-9)18-11(15,16)10(12,13)14/h3-7,19H,2,8H2,1H3. The molecule has 0 amide bonds. The normalized spacial score (nSPS) is 14.4. The molecule has 0 aliphatic carbocycles. The van der Waals surface area contributed by atoms with Gasteiger partial charge in [0.2, 0.25) is 0 Å². The summed E-state index contributed by atoms with van der Waals surface area (Å²) in [4.78, 5) is 0. The van der Waals surface area contributed by atoms with Gasteiger partial charge in [-0.3, -0.25) is 0 Å². The van der Waals surface area contributed by atoms with Crippen molar-refractivity contribution in [2.45, 2.75) is 25.3 Å². The summed E-state index contributed by atoms with van der Waals surface area (Å²) in [6, 6.07) is 8.22. The zero-order chi connectivity index (χ0) is 14.5. The second kappa shape index (κ2) is 6.44. The van der Waals surface area contributed by atoms with Gasteiger partial charge in [-0.2, -0.15) is 22.0 Å². The first-order chi connectivity index (χ1) is 8.76. The molecular formula is C11H13F5O2Si. The van der Waals surface area contributed by atoms with E-state index in [9.17, 15) is 22.0 Å². The van der Waals surface area contributed by atoms with E-state index in [0.29, 0.717) is 5.56 Å². The number of halogens is 5. The monoisotopic (exact) mass is 300 g/mol. The quantitative estimate of drug-likeness (QED) is 0.593. The Labute approximate surface area is 109 Å². The molecule has 0 aliphatic heterocycles. The van der Waals surface area contributed by atoms with Crippen LogP contribution in [0, 0.1) is 0 Å². The third-order valence-electron chi connectivity index (χ3n) is 2.21. The lowest BCUT2D eigenvalue weighted by Gasteiger charge is -2.24. The van der Waals surface area contributed by atoms with Crippen LogP contribution in [0.4, 0.5) is 22.0 Å². The molecule has 0 N–H and O–H groups in total. The highest BCUT2D eigenvalue weighted by Crippen LogP contribution is 2.37. The molecule has 2 nitrogen and oxygen atoms in total. The van der Waals surface area contributed by atoms with Crippen molar-refractivity contribution in [2.24, 2.45) is 0 Å². The molecule has 0 heterocycles. The van der Waals surface area contributed by atoms with Crippen molar-refractivity contribution in [3.63, 3.8) is 0 Å². The molecule has 1 aromatic carbocycles. The molecule has 1 aromatic rings. The van der Waals surface area contributed by atoms with E-state index in [-0.39, 0.29) is 12.7 Å². The maximum absolute atomic E-state index is 12.8. The Morgan fingerprint density at radius 2 is 1.63 bits per heavy atom. The van der Waals surface area contributed by atoms with Crippen molar-refractivity contribution in [3.05, 3.63) is 35.9 Å². The molecule has 108 valence electrons. The van der Waals surface area contributed by atoms with Gasteiger partial charge in [0.15, 0.2) is 0 Å². The van der Waals surface area contributed by atoms with Gasteiger partial charge in [-0.1, -0.05) is 30.3 Å². The van der Waals surface area contributed by atoms with Gasteiger partial charge in [0, 0.05) is 12.7 Å². The summed E-state index contributed by atoms with van der Waals surface area (Å²) in [5.74, 6) is 0. The van der Waals surface area contributed by atoms with Crippen molar-refractivity contribution in [2.75, 3.05) is 6.61 Å². The minimum atomic E-state index is -5.73. The van der Waals surface area contributed by atoms with Crippen LogP contribution in [-0.4, -0.2) is 28.2 Å². The number of alkyl halides is 5. The highest BCUT2D eigenvalue weighted by atomic mass is 28.3. The van der Waals surface area contributed by atoms with Crippen LogP contribution in [0.1, 0.15) is 12.5 Å². The van der Waals surface area contributed by atoms with Gasteiger partial charge in [-0.15, -0.1) is 0 Å². The molecule has 0 saturated heterocycles. The molecular weight excluding hydrogens is 287 g/mol. The van der Waals surface area contributed by atoms with E-state index >= 15 is 0 Å². The van der Waals surface area contributed by atoms with Crippen molar-refractivity contribution in [3.8, 4) is 0 Å². The molecule has 0 bridgehead atoms. The number of hydrogen-bond acceptors (Lipinski definition) is 2. The molecule has 1 unspecified atom stereocenters. The van der Waals surface area contributed by atoms with Crippen molar-refractivity contribution < 1.29 is 30.8 Å². The second-order valence-electron chi connectivity index (χ2n) is 3.71. The average molecular weight is 300 g/mol. The summed E-state index contributed by atoms with van der Waals surface area (Å²) in [7, 11) is -3.16. The molecule has 1 rings (SSSR count). The minimum absolute atomic E-state index is 0.0255. The Morgan fingerprint density at radius 3 is 2.11 bits per heavy atom. The first-order valence-corrected chi connectivity index (χ1v) is 7.30. The van der Waals surface area contributed by atoms with E-state index in [1.165, 1.54) is 6.92 Å². The molecule has 0 aliphatic rings. The largest absolute Gasteiger partial charge is 0.481 e. The third kappa shape index (κ3) is 4.88. The van der Waals surface area contributed by atoms with E-state index in [0.717, 1.165) is 0 Å². The van der Waals surface area contributed by atoms with Gasteiger partial charge in [0.25, 0.3) is 0 Å². The highest BCUT2D eigenvalue weighted by molar-refractivity contribution is 6.44. The van der Waals surface area contributed by atoms with Crippen LogP contribution in [-0.2, 0) is 14.9 Å². The Balaban J connectivity index is 2.73. The van der Waals surface area contributed by atoms with Gasteiger partial charge < -0.3 is 8.85 Å². The maximum atomic E-state index is 12.8. The van der Waals surface area contributed by atoms with Crippen LogP contribution < -0.4 is 0 Å². The molecule has 19 heavy (non-hydrogen) atoms. The third-order valence-corrected chi connectivity index (χ3v) is 4.28. The summed E-state index contributed by atoms with van der Waals surface area (Å²) in [6.07, 6.45) is -10.9. The predicted octanol–water partition coefficient (Wildman–Crippen LogP) is 3.20. The molecule has 0 saturated carbocycles. The van der Waals surface area contributed by atoms with Crippen molar-refractivity contribution >= 4 is 9.28 Å². The number of hydrogen-bond donors (Lipinski definition) is 0. The van der Waals surface area contributed by atoms with Crippen LogP contribution in [0.3, 0.4) is 0 Å². The lowest BCUT2D eigenvalue weighted by molar-refractivity contribution is -0.366.